The van der Waals surface area contributed by atoms with E-state index in [1.807, 2.05) is 0 Å². The maximum Gasteiger partial charge on any atom is 0.186 e. The number of aliphatic hydroxyl groups is 3. The Morgan fingerprint density at radius 3 is 2.31 bits per heavy atom. The first-order valence-corrected chi connectivity index (χ1v) is 4.34. The third kappa shape index (κ3) is 2.38. The van der Waals surface area contributed by atoms with Crippen molar-refractivity contribution in [3.05, 3.63) is 0 Å². The predicted molar refractivity (Wildman–Crippen MR) is 44.0 cm³/mol. The predicted octanol–water partition coefficient (Wildman–Crippen LogP) is -1.15. The van der Waals surface area contributed by atoms with E-state index < -0.39 is 24.6 Å². The lowest BCUT2D eigenvalue weighted by atomic mass is 10.1. The fourth-order valence-corrected chi connectivity index (χ4v) is 1.25. The first-order chi connectivity index (χ1) is 6.06. The van der Waals surface area contributed by atoms with Gasteiger partial charge in [0.2, 0.25) is 0 Å². The van der Waals surface area contributed by atoms with E-state index >= 15 is 0 Å². The van der Waals surface area contributed by atoms with E-state index in [4.69, 9.17) is 14.6 Å². The van der Waals surface area contributed by atoms with Crippen LogP contribution in [0.3, 0.4) is 0 Å². The normalized spacial score (nSPS) is 40.2. The Hall–Kier alpha value is -0.200. The maximum atomic E-state index is 9.40. The highest BCUT2D eigenvalue weighted by Gasteiger charge is 2.43. The summed E-state index contributed by atoms with van der Waals surface area (Å²) in [6.45, 7) is 3.28. The van der Waals surface area contributed by atoms with Gasteiger partial charge in [-0.3, -0.25) is 0 Å². The fourth-order valence-electron chi connectivity index (χ4n) is 1.25. The summed E-state index contributed by atoms with van der Waals surface area (Å²) in [6.07, 6.45) is -3.84. The molecule has 0 spiro atoms. The highest BCUT2D eigenvalue weighted by atomic mass is 16.7. The van der Waals surface area contributed by atoms with E-state index in [2.05, 4.69) is 0 Å². The van der Waals surface area contributed by atoms with Crippen LogP contribution in [0.1, 0.15) is 13.8 Å². The lowest BCUT2D eigenvalue weighted by Crippen LogP contribution is -2.35. The summed E-state index contributed by atoms with van der Waals surface area (Å²) in [5.41, 5.74) is 0. The molecule has 0 unspecified atom stereocenters. The second kappa shape index (κ2) is 4.34. The molecule has 1 aliphatic heterocycles. The standard InChI is InChI=1S/C8H16O5/c1-4(2)12-8-7(11)6(10)5(3-9)13-8/h4-11H,3H2,1-2H3/t5-,6+,7+,8-/m1/s1. The van der Waals surface area contributed by atoms with Crippen LogP contribution in [0.25, 0.3) is 0 Å². The molecule has 0 amide bonds. The molecule has 0 radical (unpaired) electrons. The van der Waals surface area contributed by atoms with Gasteiger partial charge >= 0.3 is 0 Å². The van der Waals surface area contributed by atoms with E-state index in [-0.39, 0.29) is 12.7 Å². The second-order valence-electron chi connectivity index (χ2n) is 3.39. The lowest BCUT2D eigenvalue weighted by molar-refractivity contribution is -0.186. The van der Waals surface area contributed by atoms with Crippen LogP contribution in [0.4, 0.5) is 0 Å². The molecule has 1 aliphatic rings. The Bertz CT molecular complexity index is 161. The summed E-state index contributed by atoms with van der Waals surface area (Å²) in [4.78, 5) is 0. The molecule has 13 heavy (non-hydrogen) atoms. The summed E-state index contributed by atoms with van der Waals surface area (Å²) in [5.74, 6) is 0. The topological polar surface area (TPSA) is 79.2 Å². The molecule has 5 nitrogen and oxygen atoms in total. The molecule has 1 saturated heterocycles. The maximum absolute atomic E-state index is 9.40. The first kappa shape index (κ1) is 10.9. The van der Waals surface area contributed by atoms with Gasteiger partial charge in [0.1, 0.15) is 18.3 Å². The molecule has 1 heterocycles. The molecule has 0 aromatic heterocycles. The summed E-state index contributed by atoms with van der Waals surface area (Å²) in [5, 5.41) is 27.5. The van der Waals surface area contributed by atoms with E-state index in [0.717, 1.165) is 0 Å². The molecule has 0 aromatic rings. The van der Waals surface area contributed by atoms with Crippen LogP contribution in [0.2, 0.25) is 0 Å². The van der Waals surface area contributed by atoms with Crippen LogP contribution in [0.15, 0.2) is 0 Å². The minimum absolute atomic E-state index is 0.0932. The second-order valence-corrected chi connectivity index (χ2v) is 3.39. The molecule has 3 N–H and O–H groups in total. The molecule has 0 saturated carbocycles. The smallest absolute Gasteiger partial charge is 0.186 e. The van der Waals surface area contributed by atoms with Crippen LogP contribution in [-0.2, 0) is 9.47 Å². The van der Waals surface area contributed by atoms with Crippen LogP contribution in [0.5, 0.6) is 0 Å². The van der Waals surface area contributed by atoms with Crippen molar-refractivity contribution in [3.8, 4) is 0 Å². The van der Waals surface area contributed by atoms with E-state index in [0.29, 0.717) is 0 Å². The Balaban J connectivity index is 2.50. The minimum atomic E-state index is -1.08. The number of hydrogen-bond acceptors (Lipinski definition) is 5. The molecule has 5 heteroatoms. The molecule has 0 aliphatic carbocycles. The Labute approximate surface area is 76.9 Å². The van der Waals surface area contributed by atoms with Gasteiger partial charge in [-0.1, -0.05) is 0 Å². The van der Waals surface area contributed by atoms with Crippen molar-refractivity contribution in [2.75, 3.05) is 6.61 Å². The molecular formula is C8H16O5. The highest BCUT2D eigenvalue weighted by molar-refractivity contribution is 4.86. The summed E-state index contributed by atoms with van der Waals surface area (Å²) < 4.78 is 10.3. The van der Waals surface area contributed by atoms with Crippen molar-refractivity contribution in [1.29, 1.82) is 0 Å². The molecule has 1 rings (SSSR count). The number of aliphatic hydroxyl groups excluding tert-OH is 3. The van der Waals surface area contributed by atoms with Crippen molar-refractivity contribution >= 4 is 0 Å². The fraction of sp³-hybridized carbons (Fsp3) is 1.00. The van der Waals surface area contributed by atoms with Gasteiger partial charge in [-0.15, -0.1) is 0 Å². The van der Waals surface area contributed by atoms with Gasteiger partial charge in [-0.05, 0) is 13.8 Å². The quantitative estimate of drug-likeness (QED) is 0.526. The van der Waals surface area contributed by atoms with Crippen LogP contribution in [-0.4, -0.2) is 52.6 Å². The SMILES string of the molecule is CC(C)O[C@@H]1O[C@H](CO)[C@H](O)[C@@H]1O. The van der Waals surface area contributed by atoms with Gasteiger partial charge < -0.3 is 24.8 Å². The zero-order chi connectivity index (χ0) is 10.0. The Kier molecular flexibility index (Phi) is 3.63. The molecule has 0 aromatic carbocycles. The summed E-state index contributed by atoms with van der Waals surface area (Å²) in [7, 11) is 0. The van der Waals surface area contributed by atoms with Crippen molar-refractivity contribution < 1.29 is 24.8 Å². The van der Waals surface area contributed by atoms with Gasteiger partial charge in [-0.25, -0.2) is 0 Å². The zero-order valence-electron chi connectivity index (χ0n) is 7.75. The van der Waals surface area contributed by atoms with E-state index in [1.54, 1.807) is 13.8 Å². The average molecular weight is 192 g/mol. The Morgan fingerprint density at radius 2 is 1.92 bits per heavy atom. The number of rotatable bonds is 3. The van der Waals surface area contributed by atoms with Gasteiger partial charge in [0.15, 0.2) is 6.29 Å². The van der Waals surface area contributed by atoms with Crippen molar-refractivity contribution in [2.24, 2.45) is 0 Å². The lowest BCUT2D eigenvalue weighted by Gasteiger charge is -2.17. The molecule has 0 bridgehead atoms. The van der Waals surface area contributed by atoms with Gasteiger partial charge in [0.25, 0.3) is 0 Å². The molecule has 1 fully saturated rings. The molecule has 4 atom stereocenters. The number of ether oxygens (including phenoxy) is 2. The van der Waals surface area contributed by atoms with Crippen LogP contribution in [0, 0.1) is 0 Å². The highest BCUT2D eigenvalue weighted by Crippen LogP contribution is 2.22. The summed E-state index contributed by atoms with van der Waals surface area (Å²) in [6, 6.07) is 0. The van der Waals surface area contributed by atoms with Gasteiger partial charge in [0, 0.05) is 0 Å². The summed E-state index contributed by atoms with van der Waals surface area (Å²) >= 11 is 0. The number of hydrogen-bond donors (Lipinski definition) is 3. The van der Waals surface area contributed by atoms with Crippen molar-refractivity contribution in [3.63, 3.8) is 0 Å². The molecular weight excluding hydrogens is 176 g/mol. The minimum Gasteiger partial charge on any atom is -0.394 e. The van der Waals surface area contributed by atoms with Gasteiger partial charge in [-0.2, -0.15) is 0 Å². The first-order valence-electron chi connectivity index (χ1n) is 4.34. The van der Waals surface area contributed by atoms with Crippen LogP contribution >= 0.6 is 0 Å². The Morgan fingerprint density at radius 1 is 1.31 bits per heavy atom. The van der Waals surface area contributed by atoms with Gasteiger partial charge in [0.05, 0.1) is 12.7 Å². The van der Waals surface area contributed by atoms with Crippen molar-refractivity contribution in [2.45, 2.75) is 44.6 Å². The monoisotopic (exact) mass is 192 g/mol. The molecule has 78 valence electrons. The largest absolute Gasteiger partial charge is 0.394 e. The zero-order valence-corrected chi connectivity index (χ0v) is 7.75. The average Bonchev–Trinajstić information content (AvgIpc) is 2.32. The third-order valence-electron chi connectivity index (χ3n) is 1.90. The van der Waals surface area contributed by atoms with Crippen molar-refractivity contribution in [1.82, 2.24) is 0 Å². The van der Waals surface area contributed by atoms with Crippen LogP contribution < -0.4 is 0 Å². The van der Waals surface area contributed by atoms with E-state index in [9.17, 15) is 10.2 Å². The third-order valence-corrected chi connectivity index (χ3v) is 1.90. The van der Waals surface area contributed by atoms with E-state index in [1.165, 1.54) is 0 Å².